The van der Waals surface area contributed by atoms with Gasteiger partial charge in [0.15, 0.2) is 0 Å². The highest BCUT2D eigenvalue weighted by Crippen LogP contribution is 2.28. The zero-order valence-corrected chi connectivity index (χ0v) is 9.13. The second kappa shape index (κ2) is 4.57. The Hall–Kier alpha value is -0.870. The molecule has 4 heteroatoms. The summed E-state index contributed by atoms with van der Waals surface area (Å²) in [4.78, 5) is 12.0. The van der Waals surface area contributed by atoms with Gasteiger partial charge in [0.2, 0.25) is 0 Å². The van der Waals surface area contributed by atoms with E-state index in [2.05, 4.69) is 0 Å². The number of hydrogen-bond donors (Lipinski definition) is 1. The molecule has 0 amide bonds. The maximum absolute atomic E-state index is 11.2. The van der Waals surface area contributed by atoms with E-state index in [1.165, 1.54) is 11.3 Å². The van der Waals surface area contributed by atoms with Crippen LogP contribution in [0, 0.1) is 0 Å². The predicted molar refractivity (Wildman–Crippen MR) is 55.1 cm³/mol. The fourth-order valence-electron chi connectivity index (χ4n) is 1.17. The lowest BCUT2D eigenvalue weighted by atomic mass is 10.0. The van der Waals surface area contributed by atoms with Crippen molar-refractivity contribution in [3.8, 4) is 0 Å². The quantitative estimate of drug-likeness (QED) is 0.779. The van der Waals surface area contributed by atoms with Crippen LogP contribution >= 0.6 is 11.3 Å². The van der Waals surface area contributed by atoms with E-state index in [9.17, 15) is 9.90 Å². The lowest BCUT2D eigenvalue weighted by Gasteiger charge is -2.20. The van der Waals surface area contributed by atoms with Crippen LogP contribution in [-0.4, -0.2) is 17.7 Å². The molecule has 1 aromatic heterocycles. The van der Waals surface area contributed by atoms with Crippen LogP contribution in [0.5, 0.6) is 0 Å². The third-order valence-corrected chi connectivity index (χ3v) is 2.97. The van der Waals surface area contributed by atoms with Crippen LogP contribution in [0.4, 0.5) is 0 Å². The zero-order valence-electron chi connectivity index (χ0n) is 8.32. The molecule has 0 aliphatic heterocycles. The highest BCUT2D eigenvalue weighted by molar-refractivity contribution is 7.10. The highest BCUT2D eigenvalue weighted by atomic mass is 32.1. The normalized spacial score (nSPS) is 14.8. The van der Waals surface area contributed by atoms with Crippen LogP contribution in [0.25, 0.3) is 0 Å². The molecule has 1 heterocycles. The minimum atomic E-state index is -1.11. The number of hydrogen-bond acceptors (Lipinski definition) is 4. The minimum absolute atomic E-state index is 0.00134. The molecule has 1 atom stereocenters. The highest BCUT2D eigenvalue weighted by Gasteiger charge is 2.28. The summed E-state index contributed by atoms with van der Waals surface area (Å²) in [5.74, 6) is -0.370. The van der Waals surface area contributed by atoms with E-state index in [0.717, 1.165) is 4.88 Å². The molecule has 1 aromatic rings. The molecule has 0 bridgehead atoms. The third-order valence-electron chi connectivity index (χ3n) is 1.85. The summed E-state index contributed by atoms with van der Waals surface area (Å²) < 4.78 is 4.78. The summed E-state index contributed by atoms with van der Waals surface area (Å²) in [6, 6.07) is 3.66. The van der Waals surface area contributed by atoms with Gasteiger partial charge < -0.3 is 9.84 Å². The van der Waals surface area contributed by atoms with Crippen molar-refractivity contribution in [1.82, 2.24) is 0 Å². The zero-order chi connectivity index (χ0) is 10.6. The average Bonchev–Trinajstić information content (AvgIpc) is 2.54. The summed E-state index contributed by atoms with van der Waals surface area (Å²) in [5, 5.41) is 11.9. The van der Waals surface area contributed by atoms with E-state index in [-0.39, 0.29) is 12.4 Å². The van der Waals surface area contributed by atoms with Crippen LogP contribution in [0.1, 0.15) is 25.1 Å². The van der Waals surface area contributed by atoms with Crippen molar-refractivity contribution in [2.45, 2.75) is 25.9 Å². The summed E-state index contributed by atoms with van der Waals surface area (Å²) in [7, 11) is 0. The van der Waals surface area contributed by atoms with Crippen molar-refractivity contribution in [3.05, 3.63) is 22.4 Å². The Kier molecular flexibility index (Phi) is 3.66. The first-order valence-corrected chi connectivity index (χ1v) is 5.36. The molecular weight excluding hydrogens is 200 g/mol. The van der Waals surface area contributed by atoms with E-state index < -0.39 is 5.60 Å². The molecular formula is C10H14O3S. The number of thiophene rings is 1. The number of esters is 1. The molecule has 0 saturated heterocycles. The molecule has 0 unspecified atom stereocenters. The van der Waals surface area contributed by atoms with Crippen molar-refractivity contribution >= 4 is 17.3 Å². The maximum atomic E-state index is 11.2. The van der Waals surface area contributed by atoms with Crippen molar-refractivity contribution in [2.75, 3.05) is 6.61 Å². The lowest BCUT2D eigenvalue weighted by Crippen LogP contribution is -2.25. The molecule has 14 heavy (non-hydrogen) atoms. The van der Waals surface area contributed by atoms with Crippen molar-refractivity contribution in [1.29, 1.82) is 0 Å². The Morgan fingerprint density at radius 1 is 1.71 bits per heavy atom. The van der Waals surface area contributed by atoms with E-state index in [0.29, 0.717) is 6.61 Å². The van der Waals surface area contributed by atoms with Crippen molar-refractivity contribution in [3.63, 3.8) is 0 Å². The average molecular weight is 214 g/mol. The van der Waals surface area contributed by atoms with E-state index in [4.69, 9.17) is 4.74 Å². The summed E-state index contributed by atoms with van der Waals surface area (Å²) in [6.07, 6.45) is 0.00134. The standard InChI is InChI=1S/C10H14O3S/c1-3-13-9(11)7-10(2,12)8-5-4-6-14-8/h4-6,12H,3,7H2,1-2H3/t10-/m1/s1. The Morgan fingerprint density at radius 3 is 2.93 bits per heavy atom. The van der Waals surface area contributed by atoms with E-state index in [1.807, 2.05) is 17.5 Å². The second-order valence-electron chi connectivity index (χ2n) is 3.23. The maximum Gasteiger partial charge on any atom is 0.309 e. The predicted octanol–water partition coefficient (Wildman–Crippen LogP) is 1.91. The van der Waals surface area contributed by atoms with Gasteiger partial charge in [-0.1, -0.05) is 6.07 Å². The van der Waals surface area contributed by atoms with Crippen molar-refractivity contribution < 1.29 is 14.6 Å². The second-order valence-corrected chi connectivity index (χ2v) is 4.18. The molecule has 0 fully saturated rings. The molecule has 0 aliphatic carbocycles. The summed E-state index contributed by atoms with van der Waals surface area (Å²) >= 11 is 1.43. The summed E-state index contributed by atoms with van der Waals surface area (Å²) in [5.41, 5.74) is -1.11. The number of carbonyl (C=O) groups is 1. The third kappa shape index (κ3) is 2.82. The summed E-state index contributed by atoms with van der Waals surface area (Å²) in [6.45, 7) is 3.72. The van der Waals surface area contributed by atoms with Crippen molar-refractivity contribution in [2.24, 2.45) is 0 Å². The number of rotatable bonds is 4. The van der Waals surface area contributed by atoms with E-state index >= 15 is 0 Å². The van der Waals surface area contributed by atoms with E-state index in [1.54, 1.807) is 13.8 Å². The van der Waals surface area contributed by atoms with Crippen LogP contribution in [-0.2, 0) is 15.1 Å². The minimum Gasteiger partial charge on any atom is -0.466 e. The van der Waals surface area contributed by atoms with Gasteiger partial charge in [-0.15, -0.1) is 11.3 Å². The van der Waals surface area contributed by atoms with Crippen LogP contribution in [0.2, 0.25) is 0 Å². The Labute approximate surface area is 87.3 Å². The van der Waals surface area contributed by atoms with Gasteiger partial charge in [-0.2, -0.15) is 0 Å². The SMILES string of the molecule is CCOC(=O)C[C@@](C)(O)c1cccs1. The fraction of sp³-hybridized carbons (Fsp3) is 0.500. The molecule has 1 N–H and O–H groups in total. The monoisotopic (exact) mass is 214 g/mol. The number of aliphatic hydroxyl groups is 1. The van der Waals surface area contributed by atoms with Gasteiger partial charge in [0.1, 0.15) is 5.60 Å². The van der Waals surface area contributed by atoms with Crippen LogP contribution in [0.3, 0.4) is 0 Å². The van der Waals surface area contributed by atoms with Crippen LogP contribution < -0.4 is 0 Å². The molecule has 0 saturated carbocycles. The van der Waals surface area contributed by atoms with Gasteiger partial charge in [-0.25, -0.2) is 0 Å². The smallest absolute Gasteiger partial charge is 0.309 e. The fourth-order valence-corrected chi connectivity index (χ4v) is 1.95. The first kappa shape index (κ1) is 11.2. The van der Waals surface area contributed by atoms with Gasteiger partial charge in [0.05, 0.1) is 13.0 Å². The van der Waals surface area contributed by atoms with Gasteiger partial charge in [0.25, 0.3) is 0 Å². The number of ether oxygens (including phenoxy) is 1. The van der Waals surface area contributed by atoms with Crippen LogP contribution in [0.15, 0.2) is 17.5 Å². The molecule has 1 rings (SSSR count). The Bertz CT molecular complexity index is 290. The molecule has 3 nitrogen and oxygen atoms in total. The molecule has 0 aliphatic rings. The number of carbonyl (C=O) groups excluding carboxylic acids is 1. The van der Waals surface area contributed by atoms with Gasteiger partial charge in [0, 0.05) is 4.88 Å². The van der Waals surface area contributed by atoms with Gasteiger partial charge in [-0.05, 0) is 25.3 Å². The first-order valence-electron chi connectivity index (χ1n) is 4.48. The van der Waals surface area contributed by atoms with Gasteiger partial charge in [-0.3, -0.25) is 4.79 Å². The molecule has 0 radical (unpaired) electrons. The van der Waals surface area contributed by atoms with Gasteiger partial charge >= 0.3 is 5.97 Å². The largest absolute Gasteiger partial charge is 0.466 e. The first-order chi connectivity index (χ1) is 6.56. The molecule has 0 spiro atoms. The lowest BCUT2D eigenvalue weighted by molar-refractivity contribution is -0.148. The molecule has 0 aromatic carbocycles. The topological polar surface area (TPSA) is 46.5 Å². The Balaban J connectivity index is 2.63. The Morgan fingerprint density at radius 2 is 2.43 bits per heavy atom. The molecule has 78 valence electrons.